The van der Waals surface area contributed by atoms with E-state index in [1.807, 2.05) is 35.0 Å². The maximum atomic E-state index is 13.4. The lowest BCUT2D eigenvalue weighted by Crippen LogP contribution is -2.75. The highest BCUT2D eigenvalue weighted by Gasteiger charge is 2.76. The van der Waals surface area contributed by atoms with E-state index < -0.39 is 11.6 Å². The van der Waals surface area contributed by atoms with Crippen LogP contribution in [0.15, 0.2) is 35.0 Å². The first kappa shape index (κ1) is 17.6. The van der Waals surface area contributed by atoms with E-state index in [0.717, 1.165) is 17.3 Å². The highest BCUT2D eigenvalue weighted by atomic mass is 32.1. The Labute approximate surface area is 172 Å². The van der Waals surface area contributed by atoms with Crippen molar-refractivity contribution in [1.29, 1.82) is 0 Å². The summed E-state index contributed by atoms with van der Waals surface area (Å²) in [5.41, 5.74) is -1.72. The molecule has 2 aliphatic carbocycles. The molecule has 7 atom stereocenters. The molecule has 0 bridgehead atoms. The number of esters is 1. The molecule has 28 heavy (non-hydrogen) atoms. The fourth-order valence-corrected chi connectivity index (χ4v) is 8.05. The van der Waals surface area contributed by atoms with Crippen LogP contribution in [-0.2, 0) is 19.9 Å². The van der Waals surface area contributed by atoms with E-state index in [0.29, 0.717) is 45.9 Å². The molecule has 2 aliphatic heterocycles. The van der Waals surface area contributed by atoms with Crippen molar-refractivity contribution < 1.29 is 23.9 Å². The number of hydrogen-bond acceptors (Lipinski definition) is 6. The smallest absolute Gasteiger partial charge is 0.349 e. The Morgan fingerprint density at radius 2 is 1.89 bits per heavy atom. The second kappa shape index (κ2) is 5.67. The first-order valence-electron chi connectivity index (χ1n) is 9.92. The van der Waals surface area contributed by atoms with E-state index in [4.69, 9.17) is 9.47 Å². The Balaban J connectivity index is 1.30. The zero-order chi connectivity index (χ0) is 19.3. The fourth-order valence-electron chi connectivity index (χ4n) is 6.33. The van der Waals surface area contributed by atoms with Gasteiger partial charge in [0.05, 0.1) is 35.9 Å². The Morgan fingerprint density at radius 1 is 1.21 bits per heavy atom. The van der Waals surface area contributed by atoms with Crippen LogP contribution in [0.1, 0.15) is 22.6 Å². The second-order valence-electron chi connectivity index (χ2n) is 9.15. The van der Waals surface area contributed by atoms with E-state index in [2.05, 4.69) is 14.1 Å². The molecule has 2 saturated carbocycles. The fraction of sp³-hybridized carbons (Fsp3) is 0.571. The van der Waals surface area contributed by atoms with Crippen LogP contribution in [0.3, 0.4) is 0 Å². The molecule has 148 valence electrons. The van der Waals surface area contributed by atoms with E-state index >= 15 is 0 Å². The van der Waals surface area contributed by atoms with Gasteiger partial charge in [-0.3, -0.25) is 0 Å². The van der Waals surface area contributed by atoms with Gasteiger partial charge in [0.1, 0.15) is 24.3 Å². The summed E-state index contributed by atoms with van der Waals surface area (Å²) in [7, 11) is 4.57. The predicted molar refractivity (Wildman–Crippen MR) is 106 cm³/mol. The van der Waals surface area contributed by atoms with Gasteiger partial charge in [-0.1, -0.05) is 12.1 Å². The normalized spacial score (nSPS) is 39.6. The number of hydrogen-bond donors (Lipinski definition) is 1. The van der Waals surface area contributed by atoms with Crippen molar-refractivity contribution in [2.45, 2.75) is 48.8 Å². The van der Waals surface area contributed by atoms with E-state index in [1.165, 1.54) is 22.7 Å². The summed E-state index contributed by atoms with van der Waals surface area (Å²) >= 11 is 2.77. The van der Waals surface area contributed by atoms with Crippen molar-refractivity contribution in [3.63, 3.8) is 0 Å². The van der Waals surface area contributed by atoms with Crippen LogP contribution >= 0.6 is 22.7 Å². The minimum Gasteiger partial charge on any atom is -0.459 e. The molecule has 4 fully saturated rings. The molecular formula is C21H24NO4S2+. The summed E-state index contributed by atoms with van der Waals surface area (Å²) in [6.45, 7) is 0. The van der Waals surface area contributed by atoms with Gasteiger partial charge in [-0.25, -0.2) is 4.79 Å². The first-order chi connectivity index (χ1) is 13.4. The number of carbonyl (C=O) groups is 1. The number of ether oxygens (including phenoxy) is 2. The molecule has 7 heteroatoms. The average molecular weight is 419 g/mol. The second-order valence-corrected chi connectivity index (χ2v) is 11.0. The summed E-state index contributed by atoms with van der Waals surface area (Å²) < 4.78 is 13.0. The van der Waals surface area contributed by atoms with Crippen LogP contribution in [0, 0.1) is 11.8 Å². The number of carbonyl (C=O) groups excluding carboxylic acids is 1. The van der Waals surface area contributed by atoms with Crippen molar-refractivity contribution in [3.05, 3.63) is 44.8 Å². The molecule has 0 spiro atoms. The molecule has 4 heterocycles. The SMILES string of the molecule is C[N+]1(C)C2C[C@H](OC(=O)C(O)(c3cccs3)c3cccs3)C3CC4O[C@@H]4C1C32. The highest BCUT2D eigenvalue weighted by Crippen LogP contribution is 2.62. The molecule has 5 nitrogen and oxygen atoms in total. The maximum absolute atomic E-state index is 13.4. The quantitative estimate of drug-likeness (QED) is 0.471. The standard InChI is InChI=1S/C21H24NO4S2/c1-22(2)12-10-13(11-9-14-19(25-14)18(22)17(11)12)26-20(23)21(24,15-5-3-7-27-15)16-6-4-8-28-16/h3-8,11-14,17-19,24H,9-10H2,1-2H3/q+1/t11?,12?,13-,14?,17?,18?,19-/m0/s1. The number of nitrogens with zero attached hydrogens (tertiary/aromatic N) is 1. The lowest BCUT2D eigenvalue weighted by molar-refractivity contribution is -0.993. The molecule has 1 N–H and O–H groups in total. The highest BCUT2D eigenvalue weighted by molar-refractivity contribution is 7.12. The third-order valence-electron chi connectivity index (χ3n) is 7.68. The number of aliphatic hydroxyl groups is 1. The van der Waals surface area contributed by atoms with Gasteiger partial charge < -0.3 is 19.1 Å². The topological polar surface area (TPSA) is 59.1 Å². The van der Waals surface area contributed by atoms with E-state index in [9.17, 15) is 9.90 Å². The van der Waals surface area contributed by atoms with Crippen LogP contribution in [0.2, 0.25) is 0 Å². The number of rotatable bonds is 4. The summed E-state index contributed by atoms with van der Waals surface area (Å²) in [6.07, 6.45) is 2.46. The van der Waals surface area contributed by atoms with Gasteiger partial charge >= 0.3 is 5.97 Å². The molecule has 0 aromatic carbocycles. The Bertz CT molecular complexity index is 875. The predicted octanol–water partition coefficient (Wildman–Crippen LogP) is 2.59. The van der Waals surface area contributed by atoms with Crippen molar-refractivity contribution in [2.24, 2.45) is 11.8 Å². The number of likely N-dealkylation sites (tertiary alicyclic amines) is 1. The van der Waals surface area contributed by atoms with Crippen molar-refractivity contribution in [2.75, 3.05) is 14.1 Å². The number of fused-ring (bicyclic) bond motifs is 2. The minimum absolute atomic E-state index is 0.138. The molecule has 0 radical (unpaired) electrons. The molecule has 6 rings (SSSR count). The lowest BCUT2D eigenvalue weighted by Gasteiger charge is -2.58. The summed E-state index contributed by atoms with van der Waals surface area (Å²) in [5.74, 6) is 0.391. The van der Waals surface area contributed by atoms with Gasteiger partial charge in [-0.05, 0) is 29.3 Å². The van der Waals surface area contributed by atoms with Gasteiger partial charge in [0.2, 0.25) is 5.60 Å². The van der Waals surface area contributed by atoms with Crippen LogP contribution in [-0.4, -0.2) is 60.0 Å². The van der Waals surface area contributed by atoms with Crippen molar-refractivity contribution >= 4 is 28.6 Å². The third kappa shape index (κ3) is 2.14. The molecule has 2 aromatic rings. The van der Waals surface area contributed by atoms with Gasteiger partial charge in [-0.2, -0.15) is 0 Å². The van der Waals surface area contributed by atoms with Crippen molar-refractivity contribution in [3.8, 4) is 0 Å². The number of thiophene rings is 2. The molecule has 0 amide bonds. The molecule has 5 unspecified atom stereocenters. The molecule has 2 saturated heterocycles. The van der Waals surface area contributed by atoms with Crippen LogP contribution in [0.25, 0.3) is 0 Å². The monoisotopic (exact) mass is 418 g/mol. The van der Waals surface area contributed by atoms with Crippen LogP contribution in [0.4, 0.5) is 0 Å². The Kier molecular flexibility index (Phi) is 3.56. The van der Waals surface area contributed by atoms with Crippen LogP contribution in [0.5, 0.6) is 0 Å². The lowest BCUT2D eigenvalue weighted by atomic mass is 9.68. The first-order valence-corrected chi connectivity index (χ1v) is 11.7. The number of likely N-dealkylation sites (N-methyl/N-ethyl adjacent to an activating group) is 1. The van der Waals surface area contributed by atoms with Gasteiger partial charge in [0.15, 0.2) is 0 Å². The Morgan fingerprint density at radius 3 is 2.50 bits per heavy atom. The number of epoxide rings is 1. The summed E-state index contributed by atoms with van der Waals surface area (Å²) in [4.78, 5) is 14.6. The zero-order valence-electron chi connectivity index (χ0n) is 15.9. The molecular weight excluding hydrogens is 394 g/mol. The van der Waals surface area contributed by atoms with E-state index in [-0.39, 0.29) is 6.10 Å². The zero-order valence-corrected chi connectivity index (χ0v) is 17.5. The molecule has 4 aliphatic rings. The van der Waals surface area contributed by atoms with E-state index in [1.54, 1.807) is 0 Å². The third-order valence-corrected chi connectivity index (χ3v) is 9.64. The van der Waals surface area contributed by atoms with Gasteiger partial charge in [0.25, 0.3) is 0 Å². The number of quaternary nitrogens is 1. The van der Waals surface area contributed by atoms with Gasteiger partial charge in [0, 0.05) is 12.3 Å². The van der Waals surface area contributed by atoms with Crippen molar-refractivity contribution in [1.82, 2.24) is 0 Å². The molecule has 2 aromatic heterocycles. The van der Waals surface area contributed by atoms with Gasteiger partial charge in [-0.15, -0.1) is 22.7 Å². The maximum Gasteiger partial charge on any atom is 0.349 e. The summed E-state index contributed by atoms with van der Waals surface area (Å²) in [6, 6.07) is 8.39. The minimum atomic E-state index is -1.72. The van der Waals surface area contributed by atoms with Crippen LogP contribution < -0.4 is 0 Å². The summed E-state index contributed by atoms with van der Waals surface area (Å²) in [5, 5.41) is 15.3. The Hall–Kier alpha value is -1.25. The largest absolute Gasteiger partial charge is 0.459 e. The average Bonchev–Trinajstić information content (AvgIpc) is 3.13.